The molecule has 58 valence electrons. The second-order valence-electron chi connectivity index (χ2n) is 2.38. The number of rotatable bonds is 5. The van der Waals surface area contributed by atoms with Crippen molar-refractivity contribution in [1.29, 1.82) is 0 Å². The molecule has 0 radical (unpaired) electrons. The van der Waals surface area contributed by atoms with Crippen molar-refractivity contribution >= 4 is 5.97 Å². The molecule has 0 aromatic carbocycles. The summed E-state index contributed by atoms with van der Waals surface area (Å²) in [5.41, 5.74) is 0. The molecular weight excluding hydrogens is 128 g/mol. The fourth-order valence-corrected chi connectivity index (χ4v) is 0.898. The Hall–Kier alpha value is -0.790. The van der Waals surface area contributed by atoms with Gasteiger partial charge in [0.25, 0.3) is 0 Å². The summed E-state index contributed by atoms with van der Waals surface area (Å²) in [5, 5.41) is 8.39. The third kappa shape index (κ3) is 4.13. The van der Waals surface area contributed by atoms with Gasteiger partial charge < -0.3 is 5.11 Å². The maximum absolute atomic E-state index is 10.2. The molecule has 0 bridgehead atoms. The van der Waals surface area contributed by atoms with Gasteiger partial charge in [0.15, 0.2) is 0 Å². The summed E-state index contributed by atoms with van der Waals surface area (Å²) in [6.07, 6.45) is 3.88. The van der Waals surface area contributed by atoms with Crippen LogP contribution in [0.2, 0.25) is 0 Å². The first-order valence-corrected chi connectivity index (χ1v) is 3.55. The standard InChI is InChI=1S/C8H14O2/c1-3-5-7(4-2)6-8(9)10/h4,7H,2-3,5-6H2,1H3,(H,9,10). The quantitative estimate of drug-likeness (QED) is 0.596. The van der Waals surface area contributed by atoms with Crippen LogP contribution in [0.1, 0.15) is 26.2 Å². The first-order valence-electron chi connectivity index (χ1n) is 3.55. The van der Waals surface area contributed by atoms with E-state index in [2.05, 4.69) is 6.58 Å². The van der Waals surface area contributed by atoms with Crippen LogP contribution in [0, 0.1) is 5.92 Å². The summed E-state index contributed by atoms with van der Waals surface area (Å²) in [6.45, 7) is 5.61. The van der Waals surface area contributed by atoms with Crippen molar-refractivity contribution in [3.05, 3.63) is 12.7 Å². The Bertz CT molecular complexity index is 118. The van der Waals surface area contributed by atoms with E-state index in [1.165, 1.54) is 0 Å². The number of allylic oxidation sites excluding steroid dienone is 1. The van der Waals surface area contributed by atoms with Gasteiger partial charge in [-0.3, -0.25) is 4.79 Å². The third-order valence-electron chi connectivity index (χ3n) is 1.43. The molecule has 1 N–H and O–H groups in total. The van der Waals surface area contributed by atoms with Gasteiger partial charge >= 0.3 is 5.97 Å². The zero-order chi connectivity index (χ0) is 7.98. The largest absolute Gasteiger partial charge is 0.481 e. The average molecular weight is 142 g/mol. The van der Waals surface area contributed by atoms with Crippen molar-refractivity contribution in [3.8, 4) is 0 Å². The molecule has 0 saturated carbocycles. The highest BCUT2D eigenvalue weighted by molar-refractivity contribution is 5.67. The molecule has 0 aromatic rings. The van der Waals surface area contributed by atoms with Crippen molar-refractivity contribution in [1.82, 2.24) is 0 Å². The molecule has 2 nitrogen and oxygen atoms in total. The van der Waals surface area contributed by atoms with Crippen molar-refractivity contribution in [2.75, 3.05) is 0 Å². The molecule has 1 atom stereocenters. The van der Waals surface area contributed by atoms with Crippen molar-refractivity contribution in [3.63, 3.8) is 0 Å². The topological polar surface area (TPSA) is 37.3 Å². The van der Waals surface area contributed by atoms with Crippen LogP contribution in [0.3, 0.4) is 0 Å². The van der Waals surface area contributed by atoms with Gasteiger partial charge in [-0.1, -0.05) is 19.4 Å². The molecule has 10 heavy (non-hydrogen) atoms. The highest BCUT2D eigenvalue weighted by atomic mass is 16.4. The van der Waals surface area contributed by atoms with Crippen LogP contribution >= 0.6 is 0 Å². The molecular formula is C8H14O2. The smallest absolute Gasteiger partial charge is 0.303 e. The molecule has 0 aliphatic heterocycles. The van der Waals surface area contributed by atoms with Gasteiger partial charge in [0.2, 0.25) is 0 Å². The van der Waals surface area contributed by atoms with E-state index in [9.17, 15) is 4.79 Å². The predicted octanol–water partition coefficient (Wildman–Crippen LogP) is 2.06. The minimum atomic E-state index is -0.738. The van der Waals surface area contributed by atoms with E-state index in [0.29, 0.717) is 0 Å². The predicted molar refractivity (Wildman–Crippen MR) is 40.8 cm³/mol. The fraction of sp³-hybridized carbons (Fsp3) is 0.625. The molecule has 0 aliphatic rings. The highest BCUT2D eigenvalue weighted by Gasteiger charge is 2.06. The summed E-state index contributed by atoms with van der Waals surface area (Å²) in [4.78, 5) is 10.2. The molecule has 0 rings (SSSR count). The van der Waals surface area contributed by atoms with Gasteiger partial charge in [-0.05, 0) is 12.3 Å². The summed E-state index contributed by atoms with van der Waals surface area (Å²) >= 11 is 0. The van der Waals surface area contributed by atoms with E-state index >= 15 is 0 Å². The van der Waals surface area contributed by atoms with Crippen LogP contribution in [0.5, 0.6) is 0 Å². The van der Waals surface area contributed by atoms with Crippen LogP contribution < -0.4 is 0 Å². The van der Waals surface area contributed by atoms with Crippen molar-refractivity contribution in [2.45, 2.75) is 26.2 Å². The molecule has 1 unspecified atom stereocenters. The van der Waals surface area contributed by atoms with Gasteiger partial charge in [0.05, 0.1) is 6.42 Å². The summed E-state index contributed by atoms with van der Waals surface area (Å²) < 4.78 is 0. The lowest BCUT2D eigenvalue weighted by Crippen LogP contribution is -2.04. The Labute approximate surface area is 61.6 Å². The van der Waals surface area contributed by atoms with Gasteiger partial charge in [-0.15, -0.1) is 6.58 Å². The third-order valence-corrected chi connectivity index (χ3v) is 1.43. The Morgan fingerprint density at radius 3 is 2.70 bits per heavy atom. The van der Waals surface area contributed by atoms with E-state index in [1.807, 2.05) is 6.92 Å². The van der Waals surface area contributed by atoms with Crippen LogP contribution in [0.25, 0.3) is 0 Å². The number of hydrogen-bond acceptors (Lipinski definition) is 1. The maximum atomic E-state index is 10.2. The van der Waals surface area contributed by atoms with Gasteiger partial charge in [0.1, 0.15) is 0 Å². The second-order valence-corrected chi connectivity index (χ2v) is 2.38. The molecule has 0 heterocycles. The lowest BCUT2D eigenvalue weighted by atomic mass is 10.0. The Morgan fingerprint density at radius 1 is 1.80 bits per heavy atom. The molecule has 0 amide bonds. The Kier molecular flexibility index (Phi) is 4.63. The summed E-state index contributed by atoms with van der Waals surface area (Å²) in [6, 6.07) is 0. The molecule has 0 aromatic heterocycles. The van der Waals surface area contributed by atoms with E-state index in [4.69, 9.17) is 5.11 Å². The normalized spacial score (nSPS) is 12.5. The molecule has 0 aliphatic carbocycles. The maximum Gasteiger partial charge on any atom is 0.303 e. The van der Waals surface area contributed by atoms with Crippen LogP contribution in [-0.2, 0) is 4.79 Å². The van der Waals surface area contributed by atoms with Crippen molar-refractivity contribution < 1.29 is 9.90 Å². The molecule has 0 fully saturated rings. The zero-order valence-electron chi connectivity index (χ0n) is 6.34. The van der Waals surface area contributed by atoms with E-state index in [0.717, 1.165) is 12.8 Å². The second kappa shape index (κ2) is 5.03. The van der Waals surface area contributed by atoms with E-state index in [-0.39, 0.29) is 12.3 Å². The number of carboxylic acid groups (broad SMARTS) is 1. The summed E-state index contributed by atoms with van der Waals surface area (Å²) in [7, 11) is 0. The van der Waals surface area contributed by atoms with Crippen LogP contribution in [0.15, 0.2) is 12.7 Å². The van der Waals surface area contributed by atoms with E-state index < -0.39 is 5.97 Å². The molecule has 0 spiro atoms. The first-order chi connectivity index (χ1) is 4.70. The average Bonchev–Trinajstić information content (AvgIpc) is 1.86. The zero-order valence-corrected chi connectivity index (χ0v) is 6.34. The minimum Gasteiger partial charge on any atom is -0.481 e. The number of carbonyl (C=O) groups is 1. The SMILES string of the molecule is C=CC(CCC)CC(=O)O. The van der Waals surface area contributed by atoms with Gasteiger partial charge in [-0.25, -0.2) is 0 Å². The fourth-order valence-electron chi connectivity index (χ4n) is 0.898. The molecule has 2 heteroatoms. The number of hydrogen-bond donors (Lipinski definition) is 1. The lowest BCUT2D eigenvalue weighted by Gasteiger charge is -2.05. The molecule has 0 saturated heterocycles. The van der Waals surface area contributed by atoms with Crippen LogP contribution in [-0.4, -0.2) is 11.1 Å². The van der Waals surface area contributed by atoms with E-state index in [1.54, 1.807) is 6.08 Å². The van der Waals surface area contributed by atoms with Gasteiger partial charge in [0, 0.05) is 0 Å². The first kappa shape index (κ1) is 9.21. The summed E-state index contributed by atoms with van der Waals surface area (Å²) in [5.74, 6) is -0.583. The van der Waals surface area contributed by atoms with Crippen LogP contribution in [0.4, 0.5) is 0 Å². The minimum absolute atomic E-state index is 0.155. The monoisotopic (exact) mass is 142 g/mol. The lowest BCUT2D eigenvalue weighted by molar-refractivity contribution is -0.137. The Morgan fingerprint density at radius 2 is 2.40 bits per heavy atom. The van der Waals surface area contributed by atoms with Crippen molar-refractivity contribution in [2.24, 2.45) is 5.92 Å². The number of aliphatic carboxylic acids is 1. The Balaban J connectivity index is 3.59. The van der Waals surface area contributed by atoms with Gasteiger partial charge in [-0.2, -0.15) is 0 Å². The number of carboxylic acids is 1. The highest BCUT2D eigenvalue weighted by Crippen LogP contribution is 2.11.